The van der Waals surface area contributed by atoms with E-state index in [1.165, 1.54) is 6.07 Å². The molecule has 0 aliphatic carbocycles. The monoisotopic (exact) mass is 238 g/mol. The number of carbonyl (C=O) groups is 1. The van der Waals surface area contributed by atoms with E-state index in [2.05, 4.69) is 10.6 Å². The van der Waals surface area contributed by atoms with Crippen LogP contribution in [0.2, 0.25) is 0 Å². The number of hydrogen-bond donors (Lipinski definition) is 2. The van der Waals surface area contributed by atoms with Gasteiger partial charge in [0.1, 0.15) is 5.82 Å². The van der Waals surface area contributed by atoms with Crippen LogP contribution in [0.15, 0.2) is 18.2 Å². The van der Waals surface area contributed by atoms with Crippen LogP contribution >= 0.6 is 0 Å². The van der Waals surface area contributed by atoms with Crippen molar-refractivity contribution in [2.45, 2.75) is 26.8 Å². The number of halogens is 1. The predicted octanol–water partition coefficient (Wildman–Crippen LogP) is 1.75. The van der Waals surface area contributed by atoms with Crippen molar-refractivity contribution in [3.63, 3.8) is 0 Å². The number of hydrogen-bond acceptors (Lipinski definition) is 2. The van der Waals surface area contributed by atoms with Crippen molar-refractivity contribution < 1.29 is 9.18 Å². The van der Waals surface area contributed by atoms with E-state index in [9.17, 15) is 9.18 Å². The molecule has 0 aliphatic heterocycles. The zero-order valence-corrected chi connectivity index (χ0v) is 10.3. The van der Waals surface area contributed by atoms with Crippen molar-refractivity contribution in [3.05, 3.63) is 35.1 Å². The van der Waals surface area contributed by atoms with Gasteiger partial charge in [-0.3, -0.25) is 4.79 Å². The Morgan fingerprint density at radius 1 is 1.41 bits per heavy atom. The minimum absolute atomic E-state index is 0.00863. The summed E-state index contributed by atoms with van der Waals surface area (Å²) in [6.07, 6.45) is 0.933. The lowest BCUT2D eigenvalue weighted by Crippen LogP contribution is -2.33. The van der Waals surface area contributed by atoms with Crippen molar-refractivity contribution >= 4 is 5.91 Å². The first-order chi connectivity index (χ1) is 8.13. The van der Waals surface area contributed by atoms with E-state index in [4.69, 9.17) is 0 Å². The highest BCUT2D eigenvalue weighted by molar-refractivity contribution is 5.77. The second-order valence-electron chi connectivity index (χ2n) is 4.04. The van der Waals surface area contributed by atoms with Gasteiger partial charge in [0.15, 0.2) is 0 Å². The number of carbonyl (C=O) groups excluding carboxylic acids is 1. The Morgan fingerprint density at radius 2 is 2.18 bits per heavy atom. The van der Waals surface area contributed by atoms with E-state index in [-0.39, 0.29) is 18.3 Å². The molecular formula is C13H19FN2O. The molecule has 4 heteroatoms. The summed E-state index contributed by atoms with van der Waals surface area (Å²) in [7, 11) is 0. The van der Waals surface area contributed by atoms with Gasteiger partial charge in [0.05, 0.1) is 6.54 Å². The third-order valence-electron chi connectivity index (χ3n) is 2.41. The lowest BCUT2D eigenvalue weighted by Gasteiger charge is -2.06. The number of rotatable bonds is 6. The van der Waals surface area contributed by atoms with Crippen LogP contribution in [0.5, 0.6) is 0 Å². The maximum absolute atomic E-state index is 13.0. The summed E-state index contributed by atoms with van der Waals surface area (Å²) in [5.41, 5.74) is 1.60. The van der Waals surface area contributed by atoms with E-state index in [0.29, 0.717) is 18.7 Å². The third-order valence-corrected chi connectivity index (χ3v) is 2.41. The summed E-state index contributed by atoms with van der Waals surface area (Å²) < 4.78 is 13.0. The van der Waals surface area contributed by atoms with E-state index in [0.717, 1.165) is 12.0 Å². The van der Waals surface area contributed by atoms with Crippen LogP contribution in [-0.2, 0) is 11.3 Å². The fourth-order valence-electron chi connectivity index (χ4n) is 1.46. The molecule has 0 aromatic heterocycles. The smallest absolute Gasteiger partial charge is 0.233 e. The SMILES string of the molecule is CCCNC(=O)CNCc1ccc(F)c(C)c1. The second-order valence-corrected chi connectivity index (χ2v) is 4.04. The van der Waals surface area contributed by atoms with Gasteiger partial charge in [-0.15, -0.1) is 0 Å². The van der Waals surface area contributed by atoms with E-state index in [1.54, 1.807) is 19.1 Å². The van der Waals surface area contributed by atoms with Crippen LogP contribution < -0.4 is 10.6 Å². The van der Waals surface area contributed by atoms with Crippen molar-refractivity contribution in [3.8, 4) is 0 Å². The minimum atomic E-state index is -0.200. The number of benzene rings is 1. The number of aryl methyl sites for hydroxylation is 1. The van der Waals surface area contributed by atoms with Crippen LogP contribution in [0.1, 0.15) is 24.5 Å². The standard InChI is InChI=1S/C13H19FN2O/c1-3-6-16-13(17)9-15-8-11-4-5-12(14)10(2)7-11/h4-5,7,15H,3,6,8-9H2,1-2H3,(H,16,17). The summed E-state index contributed by atoms with van der Waals surface area (Å²) in [5.74, 6) is -0.208. The van der Waals surface area contributed by atoms with Crippen molar-refractivity contribution in [2.75, 3.05) is 13.1 Å². The Morgan fingerprint density at radius 3 is 2.82 bits per heavy atom. The van der Waals surface area contributed by atoms with Crippen LogP contribution in [0.25, 0.3) is 0 Å². The summed E-state index contributed by atoms with van der Waals surface area (Å²) in [5, 5.41) is 5.80. The lowest BCUT2D eigenvalue weighted by atomic mass is 10.1. The molecule has 0 unspecified atom stereocenters. The van der Waals surface area contributed by atoms with Crippen molar-refractivity contribution in [2.24, 2.45) is 0 Å². The quantitative estimate of drug-likeness (QED) is 0.792. The second kappa shape index (κ2) is 7.01. The van der Waals surface area contributed by atoms with Gasteiger partial charge in [-0.2, -0.15) is 0 Å². The van der Waals surface area contributed by atoms with Gasteiger partial charge in [0.25, 0.3) is 0 Å². The molecule has 0 bridgehead atoms. The molecule has 94 valence electrons. The Labute approximate surface area is 101 Å². The molecule has 0 saturated heterocycles. The molecule has 1 rings (SSSR count). The van der Waals surface area contributed by atoms with Gasteiger partial charge < -0.3 is 10.6 Å². The summed E-state index contributed by atoms with van der Waals surface area (Å²) >= 11 is 0. The highest BCUT2D eigenvalue weighted by atomic mass is 19.1. The summed E-state index contributed by atoms with van der Waals surface area (Å²) in [4.78, 5) is 11.3. The highest BCUT2D eigenvalue weighted by Crippen LogP contribution is 2.08. The molecule has 0 fully saturated rings. The Bertz CT molecular complexity index is 380. The molecule has 0 spiro atoms. The van der Waals surface area contributed by atoms with Gasteiger partial charge in [-0.25, -0.2) is 4.39 Å². The van der Waals surface area contributed by atoms with Crippen LogP contribution in [0.4, 0.5) is 4.39 Å². The average Bonchev–Trinajstić information content (AvgIpc) is 2.31. The van der Waals surface area contributed by atoms with Crippen LogP contribution in [0.3, 0.4) is 0 Å². The Balaban J connectivity index is 2.30. The zero-order valence-electron chi connectivity index (χ0n) is 10.3. The molecule has 2 N–H and O–H groups in total. The van der Waals surface area contributed by atoms with Crippen molar-refractivity contribution in [1.82, 2.24) is 10.6 Å². The van der Waals surface area contributed by atoms with Gasteiger partial charge in [0, 0.05) is 13.1 Å². The minimum Gasteiger partial charge on any atom is -0.355 e. The molecule has 0 aliphatic rings. The normalized spacial score (nSPS) is 10.3. The first-order valence-electron chi connectivity index (χ1n) is 5.86. The first-order valence-corrected chi connectivity index (χ1v) is 5.86. The lowest BCUT2D eigenvalue weighted by molar-refractivity contribution is -0.120. The molecule has 0 radical (unpaired) electrons. The van der Waals surface area contributed by atoms with E-state index >= 15 is 0 Å². The fraction of sp³-hybridized carbons (Fsp3) is 0.462. The van der Waals surface area contributed by atoms with E-state index in [1.807, 2.05) is 6.92 Å². The molecule has 0 heterocycles. The van der Waals surface area contributed by atoms with E-state index < -0.39 is 0 Å². The third kappa shape index (κ3) is 4.95. The predicted molar refractivity (Wildman–Crippen MR) is 66.1 cm³/mol. The molecule has 1 amide bonds. The number of amides is 1. The van der Waals surface area contributed by atoms with Gasteiger partial charge in [0.2, 0.25) is 5.91 Å². The summed E-state index contributed by atoms with van der Waals surface area (Å²) in [6, 6.07) is 4.95. The largest absolute Gasteiger partial charge is 0.355 e. The molecule has 3 nitrogen and oxygen atoms in total. The van der Waals surface area contributed by atoms with Gasteiger partial charge in [-0.05, 0) is 30.5 Å². The Kier molecular flexibility index (Phi) is 5.63. The first kappa shape index (κ1) is 13.6. The van der Waals surface area contributed by atoms with Gasteiger partial charge >= 0.3 is 0 Å². The molecule has 1 aromatic rings. The highest BCUT2D eigenvalue weighted by Gasteiger charge is 2.01. The summed E-state index contributed by atoms with van der Waals surface area (Å²) in [6.45, 7) is 5.30. The Hall–Kier alpha value is -1.42. The fourth-order valence-corrected chi connectivity index (χ4v) is 1.46. The maximum Gasteiger partial charge on any atom is 0.233 e. The van der Waals surface area contributed by atoms with Crippen LogP contribution in [0, 0.1) is 12.7 Å². The molecule has 0 saturated carbocycles. The number of nitrogens with one attached hydrogen (secondary N) is 2. The molecular weight excluding hydrogens is 219 g/mol. The zero-order chi connectivity index (χ0) is 12.7. The topological polar surface area (TPSA) is 41.1 Å². The van der Waals surface area contributed by atoms with Crippen molar-refractivity contribution in [1.29, 1.82) is 0 Å². The molecule has 0 atom stereocenters. The van der Waals surface area contributed by atoms with Crippen LogP contribution in [-0.4, -0.2) is 19.0 Å². The molecule has 17 heavy (non-hydrogen) atoms. The molecule has 1 aromatic carbocycles. The average molecular weight is 238 g/mol. The maximum atomic E-state index is 13.0. The van der Waals surface area contributed by atoms with Gasteiger partial charge in [-0.1, -0.05) is 19.1 Å².